The SMILES string of the molecule is CN(c1ccccc1Nc1nc(Nc2ccccc2F)ncc1C(F)(F)F)S(C)(=O)=O. The Bertz CT molecular complexity index is 1200. The number of nitrogens with zero attached hydrogens (tertiary/aromatic N) is 3. The number of anilines is 5. The monoisotopic (exact) mass is 455 g/mol. The van der Waals surface area contributed by atoms with Crippen molar-refractivity contribution in [2.24, 2.45) is 0 Å². The van der Waals surface area contributed by atoms with Gasteiger partial charge in [0.15, 0.2) is 0 Å². The third-order valence-electron chi connectivity index (χ3n) is 4.21. The van der Waals surface area contributed by atoms with E-state index in [9.17, 15) is 26.0 Å². The molecular formula is C19H17F4N5O2S. The Kier molecular flexibility index (Phi) is 6.02. The van der Waals surface area contributed by atoms with Gasteiger partial charge in [-0.25, -0.2) is 17.8 Å². The lowest BCUT2D eigenvalue weighted by molar-refractivity contribution is -0.137. The first-order valence-electron chi connectivity index (χ1n) is 8.72. The molecule has 1 aromatic heterocycles. The number of para-hydroxylation sites is 3. The maximum Gasteiger partial charge on any atom is 0.421 e. The molecule has 0 aliphatic heterocycles. The Morgan fingerprint density at radius 3 is 2.19 bits per heavy atom. The molecule has 1 heterocycles. The molecule has 0 fully saturated rings. The van der Waals surface area contributed by atoms with Gasteiger partial charge in [0.1, 0.15) is 17.2 Å². The smallest absolute Gasteiger partial charge is 0.338 e. The summed E-state index contributed by atoms with van der Waals surface area (Å²) in [4.78, 5) is 7.47. The highest BCUT2D eigenvalue weighted by Crippen LogP contribution is 2.37. The Morgan fingerprint density at radius 1 is 0.968 bits per heavy atom. The molecule has 0 spiro atoms. The summed E-state index contributed by atoms with van der Waals surface area (Å²) in [7, 11) is -2.41. The van der Waals surface area contributed by atoms with Gasteiger partial charge in [-0.2, -0.15) is 18.2 Å². The van der Waals surface area contributed by atoms with E-state index in [1.54, 1.807) is 0 Å². The molecule has 2 aromatic carbocycles. The van der Waals surface area contributed by atoms with E-state index in [1.165, 1.54) is 55.6 Å². The van der Waals surface area contributed by atoms with Crippen molar-refractivity contribution in [1.82, 2.24) is 9.97 Å². The van der Waals surface area contributed by atoms with Crippen LogP contribution in [0.3, 0.4) is 0 Å². The van der Waals surface area contributed by atoms with Crippen molar-refractivity contribution in [3.8, 4) is 0 Å². The second-order valence-electron chi connectivity index (χ2n) is 6.43. The van der Waals surface area contributed by atoms with Crippen LogP contribution in [0.1, 0.15) is 5.56 Å². The predicted octanol–water partition coefficient (Wildman–Crippen LogP) is 4.52. The highest BCUT2D eigenvalue weighted by atomic mass is 32.2. The lowest BCUT2D eigenvalue weighted by Crippen LogP contribution is -2.25. The summed E-state index contributed by atoms with van der Waals surface area (Å²) in [6, 6.07) is 11.4. The molecule has 0 aliphatic carbocycles. The van der Waals surface area contributed by atoms with Crippen molar-refractivity contribution < 1.29 is 26.0 Å². The van der Waals surface area contributed by atoms with Gasteiger partial charge in [0, 0.05) is 13.2 Å². The second kappa shape index (κ2) is 8.38. The van der Waals surface area contributed by atoms with Gasteiger partial charge in [0.2, 0.25) is 16.0 Å². The van der Waals surface area contributed by atoms with E-state index in [4.69, 9.17) is 0 Å². The van der Waals surface area contributed by atoms with E-state index >= 15 is 0 Å². The molecule has 3 aromatic rings. The van der Waals surface area contributed by atoms with Gasteiger partial charge in [-0.3, -0.25) is 4.31 Å². The van der Waals surface area contributed by atoms with Crippen LogP contribution in [0.2, 0.25) is 0 Å². The highest BCUT2D eigenvalue weighted by Gasteiger charge is 2.35. The number of hydrogen-bond acceptors (Lipinski definition) is 6. The van der Waals surface area contributed by atoms with Gasteiger partial charge in [0.25, 0.3) is 0 Å². The van der Waals surface area contributed by atoms with E-state index in [2.05, 4.69) is 20.6 Å². The fourth-order valence-corrected chi connectivity index (χ4v) is 3.10. The largest absolute Gasteiger partial charge is 0.421 e. The maximum atomic E-state index is 13.9. The summed E-state index contributed by atoms with van der Waals surface area (Å²) < 4.78 is 79.1. The molecule has 0 amide bonds. The fraction of sp³-hybridized carbons (Fsp3) is 0.158. The second-order valence-corrected chi connectivity index (χ2v) is 8.44. The Hall–Kier alpha value is -3.41. The zero-order valence-electron chi connectivity index (χ0n) is 16.3. The van der Waals surface area contributed by atoms with Crippen LogP contribution in [0, 0.1) is 5.82 Å². The average molecular weight is 455 g/mol. The maximum absolute atomic E-state index is 13.9. The zero-order chi connectivity index (χ0) is 22.8. The first-order chi connectivity index (χ1) is 14.5. The summed E-state index contributed by atoms with van der Waals surface area (Å²) in [5.41, 5.74) is -1.02. The molecule has 0 saturated carbocycles. The molecule has 0 aliphatic rings. The van der Waals surface area contributed by atoms with Crippen molar-refractivity contribution in [2.75, 3.05) is 28.2 Å². The number of hydrogen-bond donors (Lipinski definition) is 2. The predicted molar refractivity (Wildman–Crippen MR) is 110 cm³/mol. The first-order valence-corrected chi connectivity index (χ1v) is 10.6. The average Bonchev–Trinajstić information content (AvgIpc) is 2.68. The molecule has 0 atom stereocenters. The third kappa shape index (κ3) is 5.20. The lowest BCUT2D eigenvalue weighted by atomic mass is 10.2. The van der Waals surface area contributed by atoms with Gasteiger partial charge in [0.05, 0.1) is 23.3 Å². The van der Waals surface area contributed by atoms with Crippen LogP contribution < -0.4 is 14.9 Å². The molecule has 0 unspecified atom stereocenters. The number of aromatic nitrogens is 2. The molecule has 2 N–H and O–H groups in total. The quantitative estimate of drug-likeness (QED) is 0.532. The van der Waals surface area contributed by atoms with Crippen LogP contribution in [0.15, 0.2) is 54.7 Å². The number of rotatable bonds is 6. The van der Waals surface area contributed by atoms with Crippen molar-refractivity contribution in [3.05, 3.63) is 66.1 Å². The minimum Gasteiger partial charge on any atom is -0.338 e. The van der Waals surface area contributed by atoms with E-state index < -0.39 is 33.4 Å². The Balaban J connectivity index is 2.05. The lowest BCUT2D eigenvalue weighted by Gasteiger charge is -2.22. The molecule has 12 heteroatoms. The summed E-state index contributed by atoms with van der Waals surface area (Å²) in [6.45, 7) is 0. The van der Waals surface area contributed by atoms with E-state index in [-0.39, 0.29) is 23.0 Å². The van der Waals surface area contributed by atoms with Crippen LogP contribution in [-0.4, -0.2) is 31.7 Å². The van der Waals surface area contributed by atoms with Crippen LogP contribution in [-0.2, 0) is 16.2 Å². The fourth-order valence-electron chi connectivity index (χ4n) is 2.59. The van der Waals surface area contributed by atoms with Crippen molar-refractivity contribution in [2.45, 2.75) is 6.18 Å². The Labute approximate surface area is 175 Å². The molecule has 7 nitrogen and oxygen atoms in total. The minimum atomic E-state index is -4.80. The van der Waals surface area contributed by atoms with Crippen LogP contribution >= 0.6 is 0 Å². The Morgan fingerprint density at radius 2 is 1.58 bits per heavy atom. The molecule has 0 saturated heterocycles. The van der Waals surface area contributed by atoms with Crippen molar-refractivity contribution >= 4 is 38.9 Å². The van der Waals surface area contributed by atoms with Gasteiger partial charge in [-0.15, -0.1) is 0 Å². The van der Waals surface area contributed by atoms with Crippen molar-refractivity contribution in [3.63, 3.8) is 0 Å². The third-order valence-corrected chi connectivity index (χ3v) is 5.40. The van der Waals surface area contributed by atoms with Gasteiger partial charge in [-0.05, 0) is 24.3 Å². The van der Waals surface area contributed by atoms with Crippen LogP contribution in [0.5, 0.6) is 0 Å². The van der Waals surface area contributed by atoms with Gasteiger partial charge < -0.3 is 10.6 Å². The minimum absolute atomic E-state index is 0.0228. The van der Waals surface area contributed by atoms with Gasteiger partial charge in [-0.1, -0.05) is 24.3 Å². The summed E-state index contributed by atoms with van der Waals surface area (Å²) in [6.07, 6.45) is -3.27. The number of alkyl halides is 3. The van der Waals surface area contributed by atoms with Crippen LogP contribution in [0.4, 0.5) is 46.4 Å². The molecule has 3 rings (SSSR count). The molecule has 164 valence electrons. The summed E-state index contributed by atoms with van der Waals surface area (Å²) >= 11 is 0. The number of halogens is 4. The van der Waals surface area contributed by atoms with E-state index in [0.717, 1.165) is 10.6 Å². The molecule has 0 radical (unpaired) electrons. The first kappa shape index (κ1) is 22.3. The summed E-state index contributed by atoms with van der Waals surface area (Å²) in [5, 5.41) is 5.06. The summed E-state index contributed by atoms with van der Waals surface area (Å²) in [5.74, 6) is -1.55. The zero-order valence-corrected chi connectivity index (χ0v) is 17.1. The van der Waals surface area contributed by atoms with E-state index in [0.29, 0.717) is 6.20 Å². The number of sulfonamides is 1. The number of benzene rings is 2. The molecular weight excluding hydrogens is 438 g/mol. The van der Waals surface area contributed by atoms with Gasteiger partial charge >= 0.3 is 6.18 Å². The standard InChI is InChI=1S/C19H17F4N5O2S/c1-28(31(2,29)30)16-10-6-5-9-15(16)25-17-12(19(21,22)23)11-24-18(27-17)26-14-8-4-3-7-13(14)20/h3-11H,1-2H3,(H2,24,25,26,27). The topological polar surface area (TPSA) is 87.2 Å². The number of nitrogens with one attached hydrogen (secondary N) is 2. The normalized spacial score (nSPS) is 11.8. The van der Waals surface area contributed by atoms with Crippen LogP contribution in [0.25, 0.3) is 0 Å². The highest BCUT2D eigenvalue weighted by molar-refractivity contribution is 7.92. The molecule has 31 heavy (non-hydrogen) atoms. The van der Waals surface area contributed by atoms with E-state index in [1.807, 2.05) is 0 Å². The molecule has 0 bridgehead atoms. The van der Waals surface area contributed by atoms with Crippen molar-refractivity contribution in [1.29, 1.82) is 0 Å².